The summed E-state index contributed by atoms with van der Waals surface area (Å²) in [7, 11) is 0. The molecule has 0 saturated heterocycles. The Hall–Kier alpha value is -2.04. The van der Waals surface area contributed by atoms with Crippen LogP contribution < -0.4 is 10.5 Å². The Morgan fingerprint density at radius 3 is 2.56 bits per heavy atom. The molecule has 0 aliphatic rings. The van der Waals surface area contributed by atoms with Gasteiger partial charge in [-0.25, -0.2) is 0 Å². The molecule has 2 rings (SSSR count). The Bertz CT molecular complexity index is 501. The van der Waals surface area contributed by atoms with E-state index in [1.165, 1.54) is 11.1 Å². The van der Waals surface area contributed by atoms with Crippen molar-refractivity contribution in [3.8, 4) is 5.75 Å². The fourth-order valence-corrected chi connectivity index (χ4v) is 1.86. The zero-order valence-corrected chi connectivity index (χ0v) is 10.8. The lowest BCUT2D eigenvalue weighted by atomic mass is 10.1. The monoisotopic (exact) mass is 246 g/mol. The van der Waals surface area contributed by atoms with Crippen LogP contribution in [0.5, 0.6) is 5.75 Å². The highest BCUT2D eigenvalue weighted by atomic mass is 16.5. The lowest BCUT2D eigenvalue weighted by Gasteiger charge is -2.08. The van der Waals surface area contributed by atoms with Crippen LogP contribution in [0, 0.1) is 13.8 Å². The Morgan fingerprint density at radius 1 is 1.22 bits per heavy atom. The molecular weight excluding hydrogens is 228 g/mol. The van der Waals surface area contributed by atoms with E-state index in [9.17, 15) is 0 Å². The number of benzene rings is 1. The Kier molecular flexibility index (Phi) is 3.82. The third-order valence-electron chi connectivity index (χ3n) is 2.55. The summed E-state index contributed by atoms with van der Waals surface area (Å²) >= 11 is 0. The SMILES string of the molecule is Cc1cc(C)cc(OCCCn2cc(N)nn2)c1. The third-order valence-corrected chi connectivity index (χ3v) is 2.55. The molecule has 2 aromatic rings. The summed E-state index contributed by atoms with van der Waals surface area (Å²) in [5, 5.41) is 7.60. The number of rotatable bonds is 5. The van der Waals surface area contributed by atoms with Gasteiger partial charge in [-0.2, -0.15) is 0 Å². The van der Waals surface area contributed by atoms with E-state index >= 15 is 0 Å². The van der Waals surface area contributed by atoms with Gasteiger partial charge in [-0.15, -0.1) is 5.10 Å². The summed E-state index contributed by atoms with van der Waals surface area (Å²) in [6, 6.07) is 6.21. The van der Waals surface area contributed by atoms with Crippen molar-refractivity contribution >= 4 is 5.82 Å². The molecule has 1 aromatic heterocycles. The molecule has 96 valence electrons. The Morgan fingerprint density at radius 2 is 1.94 bits per heavy atom. The number of nitrogens with zero attached hydrogens (tertiary/aromatic N) is 3. The second-order valence-electron chi connectivity index (χ2n) is 4.43. The fraction of sp³-hybridized carbons (Fsp3) is 0.385. The van der Waals surface area contributed by atoms with E-state index in [1.54, 1.807) is 10.9 Å². The Labute approximate surface area is 107 Å². The number of hydrogen-bond donors (Lipinski definition) is 1. The second-order valence-corrected chi connectivity index (χ2v) is 4.43. The van der Waals surface area contributed by atoms with Crippen molar-refractivity contribution in [2.24, 2.45) is 0 Å². The van der Waals surface area contributed by atoms with E-state index in [2.05, 4.69) is 30.2 Å². The molecule has 1 heterocycles. The quantitative estimate of drug-likeness (QED) is 0.819. The van der Waals surface area contributed by atoms with Crippen LogP contribution in [0.2, 0.25) is 0 Å². The molecule has 0 unspecified atom stereocenters. The largest absolute Gasteiger partial charge is 0.494 e. The lowest BCUT2D eigenvalue weighted by molar-refractivity contribution is 0.297. The van der Waals surface area contributed by atoms with Gasteiger partial charge in [-0.3, -0.25) is 4.68 Å². The molecule has 0 aliphatic heterocycles. The molecule has 0 fully saturated rings. The molecule has 0 saturated carbocycles. The number of nitrogens with two attached hydrogens (primary N) is 1. The molecule has 0 radical (unpaired) electrons. The number of aromatic nitrogens is 3. The number of hydrogen-bond acceptors (Lipinski definition) is 4. The van der Waals surface area contributed by atoms with Crippen LogP contribution in [0.15, 0.2) is 24.4 Å². The normalized spacial score (nSPS) is 10.6. The van der Waals surface area contributed by atoms with Gasteiger partial charge in [0.1, 0.15) is 5.75 Å². The maximum atomic E-state index is 5.70. The summed E-state index contributed by atoms with van der Waals surface area (Å²) in [5.41, 5.74) is 7.91. The molecule has 0 spiro atoms. The van der Waals surface area contributed by atoms with E-state index in [0.717, 1.165) is 18.7 Å². The average molecular weight is 246 g/mol. The molecular formula is C13H18N4O. The zero-order chi connectivity index (χ0) is 13.0. The molecule has 0 amide bonds. The van der Waals surface area contributed by atoms with E-state index in [0.29, 0.717) is 12.4 Å². The van der Waals surface area contributed by atoms with E-state index in [1.807, 2.05) is 12.1 Å². The van der Waals surface area contributed by atoms with Crippen LogP contribution >= 0.6 is 0 Å². The summed E-state index contributed by atoms with van der Waals surface area (Å²) < 4.78 is 7.43. The summed E-state index contributed by atoms with van der Waals surface area (Å²) in [6.45, 7) is 5.55. The average Bonchev–Trinajstić information content (AvgIpc) is 2.69. The van der Waals surface area contributed by atoms with Gasteiger partial charge in [-0.1, -0.05) is 11.3 Å². The highest BCUT2D eigenvalue weighted by molar-refractivity contribution is 5.32. The molecule has 5 heteroatoms. The van der Waals surface area contributed by atoms with Crippen LogP contribution in [0.25, 0.3) is 0 Å². The first kappa shape index (κ1) is 12.4. The van der Waals surface area contributed by atoms with Crippen molar-refractivity contribution in [3.05, 3.63) is 35.5 Å². The topological polar surface area (TPSA) is 66.0 Å². The van der Waals surface area contributed by atoms with Gasteiger partial charge in [0.15, 0.2) is 5.82 Å². The molecule has 1 aromatic carbocycles. The summed E-state index contributed by atoms with van der Waals surface area (Å²) in [6.07, 6.45) is 2.59. The van der Waals surface area contributed by atoms with E-state index in [-0.39, 0.29) is 0 Å². The predicted octanol–water partition coefficient (Wildman–Crippen LogP) is 1.95. The van der Waals surface area contributed by atoms with Crippen LogP contribution in [-0.4, -0.2) is 21.6 Å². The molecule has 5 nitrogen and oxygen atoms in total. The zero-order valence-electron chi connectivity index (χ0n) is 10.8. The highest BCUT2D eigenvalue weighted by Crippen LogP contribution is 2.16. The van der Waals surface area contributed by atoms with Crippen molar-refractivity contribution in [3.63, 3.8) is 0 Å². The first-order valence-electron chi connectivity index (χ1n) is 6.00. The number of ether oxygens (including phenoxy) is 1. The third kappa shape index (κ3) is 3.48. The van der Waals surface area contributed by atoms with Gasteiger partial charge in [0, 0.05) is 13.0 Å². The summed E-state index contributed by atoms with van der Waals surface area (Å²) in [4.78, 5) is 0. The van der Waals surface area contributed by atoms with Gasteiger partial charge < -0.3 is 10.5 Å². The standard InChI is InChI=1S/C13H18N4O/c1-10-6-11(2)8-12(7-10)18-5-3-4-17-9-13(14)15-16-17/h6-9H,3-5,14H2,1-2H3. The van der Waals surface area contributed by atoms with Crippen LogP contribution in [0.4, 0.5) is 5.82 Å². The van der Waals surface area contributed by atoms with Crippen molar-refractivity contribution in [2.75, 3.05) is 12.3 Å². The predicted molar refractivity (Wildman–Crippen MR) is 70.5 cm³/mol. The van der Waals surface area contributed by atoms with Gasteiger partial charge in [0.25, 0.3) is 0 Å². The van der Waals surface area contributed by atoms with Gasteiger partial charge in [-0.05, 0) is 37.1 Å². The second kappa shape index (κ2) is 5.53. The molecule has 0 bridgehead atoms. The maximum absolute atomic E-state index is 5.70. The number of nitrogen functional groups attached to an aromatic ring is 1. The minimum absolute atomic E-state index is 0.449. The first-order valence-corrected chi connectivity index (χ1v) is 6.00. The van der Waals surface area contributed by atoms with Crippen molar-refractivity contribution in [1.82, 2.24) is 15.0 Å². The van der Waals surface area contributed by atoms with Gasteiger partial charge in [0.05, 0.1) is 12.8 Å². The first-order chi connectivity index (χ1) is 8.63. The minimum atomic E-state index is 0.449. The molecule has 0 aliphatic carbocycles. The van der Waals surface area contributed by atoms with Gasteiger partial charge in [0.2, 0.25) is 0 Å². The maximum Gasteiger partial charge on any atom is 0.165 e. The molecule has 0 atom stereocenters. The van der Waals surface area contributed by atoms with E-state index in [4.69, 9.17) is 10.5 Å². The number of aryl methyl sites for hydroxylation is 3. The van der Waals surface area contributed by atoms with Crippen LogP contribution in [0.1, 0.15) is 17.5 Å². The van der Waals surface area contributed by atoms with Crippen molar-refractivity contribution < 1.29 is 4.74 Å². The Balaban J connectivity index is 1.78. The van der Waals surface area contributed by atoms with Crippen molar-refractivity contribution in [2.45, 2.75) is 26.8 Å². The highest BCUT2D eigenvalue weighted by Gasteiger charge is 1.99. The lowest BCUT2D eigenvalue weighted by Crippen LogP contribution is -2.05. The minimum Gasteiger partial charge on any atom is -0.494 e. The van der Waals surface area contributed by atoms with Crippen LogP contribution in [0.3, 0.4) is 0 Å². The molecule has 18 heavy (non-hydrogen) atoms. The fourth-order valence-electron chi connectivity index (χ4n) is 1.86. The smallest absolute Gasteiger partial charge is 0.165 e. The van der Waals surface area contributed by atoms with Gasteiger partial charge >= 0.3 is 0 Å². The van der Waals surface area contributed by atoms with Crippen LogP contribution in [-0.2, 0) is 6.54 Å². The molecule has 2 N–H and O–H groups in total. The summed E-state index contributed by atoms with van der Waals surface area (Å²) in [5.74, 6) is 1.37. The number of anilines is 1. The van der Waals surface area contributed by atoms with E-state index < -0.39 is 0 Å². The van der Waals surface area contributed by atoms with Crippen molar-refractivity contribution in [1.29, 1.82) is 0 Å².